The fourth-order valence-corrected chi connectivity index (χ4v) is 3.45. The lowest BCUT2D eigenvalue weighted by Crippen LogP contribution is -2.52. The summed E-state index contributed by atoms with van der Waals surface area (Å²) in [5, 5.41) is 0. The Balaban J connectivity index is 1.95. The fourth-order valence-electron chi connectivity index (χ4n) is 3.45. The van der Waals surface area contributed by atoms with Gasteiger partial charge in [0.1, 0.15) is 0 Å². The van der Waals surface area contributed by atoms with Crippen molar-refractivity contribution in [2.24, 2.45) is 11.7 Å². The Morgan fingerprint density at radius 1 is 1.37 bits per heavy atom. The molecule has 0 radical (unpaired) electrons. The van der Waals surface area contributed by atoms with Crippen LogP contribution in [-0.2, 0) is 11.2 Å². The summed E-state index contributed by atoms with van der Waals surface area (Å²) in [5.41, 5.74) is 7.76. The van der Waals surface area contributed by atoms with E-state index in [2.05, 4.69) is 37.3 Å². The number of hydrogen-bond acceptors (Lipinski definition) is 2. The average molecular weight is 261 g/mol. The summed E-state index contributed by atoms with van der Waals surface area (Å²) in [6, 6.07) is 10.7. The van der Waals surface area contributed by atoms with E-state index in [0.29, 0.717) is 0 Å². The summed E-state index contributed by atoms with van der Waals surface area (Å²) in [6.45, 7) is 2.32. The van der Waals surface area contributed by atoms with Crippen LogP contribution in [-0.4, -0.2) is 18.8 Å². The molecule has 0 aromatic heterocycles. The quantitative estimate of drug-likeness (QED) is 0.880. The van der Waals surface area contributed by atoms with Gasteiger partial charge in [-0.2, -0.15) is 0 Å². The van der Waals surface area contributed by atoms with E-state index < -0.39 is 0 Å². The van der Waals surface area contributed by atoms with Gasteiger partial charge in [0.25, 0.3) is 0 Å². The Labute approximate surface area is 117 Å². The van der Waals surface area contributed by atoms with E-state index in [1.165, 1.54) is 18.4 Å². The first kappa shape index (κ1) is 14.5. The SMILES string of the molecule is COC1(C(N)CCc2ccccc2)CCCC(C)C1. The van der Waals surface area contributed by atoms with Gasteiger partial charge >= 0.3 is 0 Å². The molecule has 3 unspecified atom stereocenters. The molecule has 1 aromatic rings. The largest absolute Gasteiger partial charge is 0.377 e. The number of hydrogen-bond donors (Lipinski definition) is 1. The van der Waals surface area contributed by atoms with Crippen LogP contribution < -0.4 is 5.73 Å². The van der Waals surface area contributed by atoms with Crippen molar-refractivity contribution in [2.75, 3.05) is 7.11 Å². The first-order chi connectivity index (χ1) is 9.16. The van der Waals surface area contributed by atoms with Gasteiger partial charge in [-0.15, -0.1) is 0 Å². The van der Waals surface area contributed by atoms with E-state index in [1.807, 2.05) is 7.11 Å². The Morgan fingerprint density at radius 3 is 2.74 bits per heavy atom. The summed E-state index contributed by atoms with van der Waals surface area (Å²) in [6.07, 6.45) is 6.83. The van der Waals surface area contributed by atoms with Crippen molar-refractivity contribution in [3.8, 4) is 0 Å². The molecule has 1 aromatic carbocycles. The van der Waals surface area contributed by atoms with E-state index in [4.69, 9.17) is 10.5 Å². The normalized spacial score (nSPS) is 29.1. The number of nitrogens with two attached hydrogens (primary N) is 1. The van der Waals surface area contributed by atoms with Crippen LogP contribution in [0.1, 0.15) is 44.6 Å². The van der Waals surface area contributed by atoms with E-state index in [9.17, 15) is 0 Å². The molecule has 0 saturated heterocycles. The maximum absolute atomic E-state index is 6.48. The number of rotatable bonds is 5. The Morgan fingerprint density at radius 2 is 2.11 bits per heavy atom. The first-order valence-corrected chi connectivity index (χ1v) is 7.51. The molecule has 0 amide bonds. The van der Waals surface area contributed by atoms with E-state index in [0.717, 1.165) is 31.6 Å². The van der Waals surface area contributed by atoms with Gasteiger partial charge in [0, 0.05) is 13.2 Å². The number of aryl methyl sites for hydroxylation is 1. The van der Waals surface area contributed by atoms with Crippen LogP contribution in [0.2, 0.25) is 0 Å². The van der Waals surface area contributed by atoms with Crippen LogP contribution in [0.3, 0.4) is 0 Å². The molecule has 19 heavy (non-hydrogen) atoms. The van der Waals surface area contributed by atoms with E-state index in [1.54, 1.807) is 0 Å². The van der Waals surface area contributed by atoms with Gasteiger partial charge < -0.3 is 10.5 Å². The van der Waals surface area contributed by atoms with Gasteiger partial charge in [0.2, 0.25) is 0 Å². The van der Waals surface area contributed by atoms with Crippen molar-refractivity contribution >= 4 is 0 Å². The maximum atomic E-state index is 6.48. The summed E-state index contributed by atoms with van der Waals surface area (Å²) in [5.74, 6) is 0.733. The second-order valence-corrected chi connectivity index (χ2v) is 6.10. The minimum Gasteiger partial charge on any atom is -0.377 e. The first-order valence-electron chi connectivity index (χ1n) is 7.51. The van der Waals surface area contributed by atoms with Gasteiger partial charge in [-0.05, 0) is 37.2 Å². The molecular weight excluding hydrogens is 234 g/mol. The topological polar surface area (TPSA) is 35.2 Å². The van der Waals surface area contributed by atoms with Crippen LogP contribution in [0.15, 0.2) is 30.3 Å². The third-order valence-corrected chi connectivity index (χ3v) is 4.66. The van der Waals surface area contributed by atoms with Gasteiger partial charge in [0.05, 0.1) is 5.60 Å². The van der Waals surface area contributed by atoms with Gasteiger partial charge in [0.15, 0.2) is 0 Å². The lowest BCUT2D eigenvalue weighted by atomic mass is 9.73. The molecule has 0 spiro atoms. The third-order valence-electron chi connectivity index (χ3n) is 4.66. The van der Waals surface area contributed by atoms with Crippen LogP contribution in [0, 0.1) is 5.92 Å². The highest BCUT2D eigenvalue weighted by molar-refractivity contribution is 5.15. The predicted molar refractivity (Wildman–Crippen MR) is 80.1 cm³/mol. The second-order valence-electron chi connectivity index (χ2n) is 6.10. The molecule has 1 saturated carbocycles. The standard InChI is InChI=1S/C17H27NO/c1-14-7-6-12-17(13-14,19-2)16(18)11-10-15-8-4-3-5-9-15/h3-5,8-9,14,16H,6-7,10-13,18H2,1-2H3. The summed E-state index contributed by atoms with van der Waals surface area (Å²) in [7, 11) is 1.83. The highest BCUT2D eigenvalue weighted by Gasteiger charge is 2.39. The highest BCUT2D eigenvalue weighted by Crippen LogP contribution is 2.37. The third kappa shape index (κ3) is 3.58. The molecule has 0 bridgehead atoms. The lowest BCUT2D eigenvalue weighted by Gasteiger charge is -2.43. The van der Waals surface area contributed by atoms with Gasteiger partial charge in [-0.1, -0.05) is 50.1 Å². The molecule has 2 nitrogen and oxygen atoms in total. The van der Waals surface area contributed by atoms with Crippen molar-refractivity contribution in [2.45, 2.75) is 57.1 Å². The molecule has 1 aliphatic rings. The zero-order chi connectivity index (χ0) is 13.7. The minimum atomic E-state index is -0.0908. The lowest BCUT2D eigenvalue weighted by molar-refractivity contribution is -0.0721. The Bertz CT molecular complexity index is 378. The monoisotopic (exact) mass is 261 g/mol. The molecular formula is C17H27NO. The molecule has 3 atom stereocenters. The molecule has 1 aliphatic carbocycles. The Kier molecular flexibility index (Phi) is 5.00. The predicted octanol–water partition coefficient (Wildman–Crippen LogP) is 3.54. The summed E-state index contributed by atoms with van der Waals surface area (Å²) >= 11 is 0. The average Bonchev–Trinajstić information content (AvgIpc) is 2.45. The molecule has 2 rings (SSSR count). The molecule has 2 heteroatoms. The van der Waals surface area contributed by atoms with Gasteiger partial charge in [-0.25, -0.2) is 0 Å². The molecule has 106 valence electrons. The fraction of sp³-hybridized carbons (Fsp3) is 0.647. The molecule has 2 N–H and O–H groups in total. The maximum Gasteiger partial charge on any atom is 0.0831 e. The van der Waals surface area contributed by atoms with Crippen molar-refractivity contribution < 1.29 is 4.74 Å². The smallest absolute Gasteiger partial charge is 0.0831 e. The minimum absolute atomic E-state index is 0.0908. The molecule has 0 aliphatic heterocycles. The summed E-state index contributed by atoms with van der Waals surface area (Å²) < 4.78 is 5.87. The van der Waals surface area contributed by atoms with Crippen molar-refractivity contribution in [1.29, 1.82) is 0 Å². The van der Waals surface area contributed by atoms with Gasteiger partial charge in [-0.3, -0.25) is 0 Å². The molecule has 1 fully saturated rings. The zero-order valence-electron chi connectivity index (χ0n) is 12.3. The number of methoxy groups -OCH3 is 1. The Hall–Kier alpha value is -0.860. The second kappa shape index (κ2) is 6.53. The van der Waals surface area contributed by atoms with Crippen molar-refractivity contribution in [1.82, 2.24) is 0 Å². The van der Waals surface area contributed by atoms with Crippen LogP contribution >= 0.6 is 0 Å². The van der Waals surface area contributed by atoms with Crippen LogP contribution in [0.25, 0.3) is 0 Å². The highest BCUT2D eigenvalue weighted by atomic mass is 16.5. The van der Waals surface area contributed by atoms with Crippen molar-refractivity contribution in [3.05, 3.63) is 35.9 Å². The van der Waals surface area contributed by atoms with Crippen molar-refractivity contribution in [3.63, 3.8) is 0 Å². The molecule has 0 heterocycles. The van der Waals surface area contributed by atoms with Crippen LogP contribution in [0.4, 0.5) is 0 Å². The van der Waals surface area contributed by atoms with E-state index >= 15 is 0 Å². The van der Waals surface area contributed by atoms with E-state index in [-0.39, 0.29) is 11.6 Å². The number of ether oxygens (including phenoxy) is 1. The zero-order valence-corrected chi connectivity index (χ0v) is 12.3. The summed E-state index contributed by atoms with van der Waals surface area (Å²) in [4.78, 5) is 0. The number of benzene rings is 1. The van der Waals surface area contributed by atoms with Crippen LogP contribution in [0.5, 0.6) is 0 Å².